The highest BCUT2D eigenvalue weighted by Gasteiger charge is 2.32. The highest BCUT2D eigenvalue weighted by Crippen LogP contribution is 2.24. The van der Waals surface area contributed by atoms with Gasteiger partial charge in [0.15, 0.2) is 5.13 Å². The Hall–Kier alpha value is -1.73. The molecule has 0 radical (unpaired) electrons. The smallest absolute Gasteiger partial charge is 0.248 e. The van der Waals surface area contributed by atoms with E-state index in [1.165, 1.54) is 23.8 Å². The van der Waals surface area contributed by atoms with Gasteiger partial charge in [0.2, 0.25) is 11.8 Å². The van der Waals surface area contributed by atoms with Crippen LogP contribution >= 0.6 is 27.3 Å². The molecule has 0 spiro atoms. The van der Waals surface area contributed by atoms with Crippen LogP contribution in [0.15, 0.2) is 34.9 Å². The van der Waals surface area contributed by atoms with E-state index in [2.05, 4.69) is 38.4 Å². The number of hydrogen-bond acceptors (Lipinski definition) is 4. The number of carbonyl (C=O) groups excluding carboxylic acids is 2. The van der Waals surface area contributed by atoms with Crippen LogP contribution in [0.25, 0.3) is 0 Å². The first-order valence-electron chi connectivity index (χ1n) is 7.80. The van der Waals surface area contributed by atoms with Crippen molar-refractivity contribution in [2.45, 2.75) is 32.2 Å². The van der Waals surface area contributed by atoms with Crippen molar-refractivity contribution < 1.29 is 9.59 Å². The van der Waals surface area contributed by atoms with Crippen molar-refractivity contribution in [2.75, 3.05) is 11.9 Å². The zero-order valence-electron chi connectivity index (χ0n) is 13.3. The Morgan fingerprint density at radius 3 is 2.83 bits per heavy atom. The number of rotatable bonds is 4. The Labute approximate surface area is 153 Å². The molecule has 0 aliphatic carbocycles. The van der Waals surface area contributed by atoms with Crippen LogP contribution in [0.4, 0.5) is 5.13 Å². The largest absolute Gasteiger partial charge is 0.331 e. The fourth-order valence-corrected chi connectivity index (χ4v) is 3.97. The van der Waals surface area contributed by atoms with Gasteiger partial charge >= 0.3 is 0 Å². The first-order valence-corrected chi connectivity index (χ1v) is 9.41. The van der Waals surface area contributed by atoms with E-state index in [0.717, 1.165) is 22.2 Å². The van der Waals surface area contributed by atoms with E-state index < -0.39 is 0 Å². The van der Waals surface area contributed by atoms with Gasteiger partial charge in [0.05, 0.1) is 0 Å². The second-order valence-electron chi connectivity index (χ2n) is 5.79. The summed E-state index contributed by atoms with van der Waals surface area (Å²) in [6.45, 7) is 2.16. The van der Waals surface area contributed by atoms with Gasteiger partial charge in [-0.1, -0.05) is 28.1 Å². The third kappa shape index (κ3) is 4.02. The number of nitrogens with zero attached hydrogens (tertiary/aromatic N) is 2. The van der Waals surface area contributed by atoms with Gasteiger partial charge in [0.1, 0.15) is 6.04 Å². The summed E-state index contributed by atoms with van der Waals surface area (Å²) in [6, 6.07) is 7.77. The molecule has 1 aliphatic heterocycles. The van der Waals surface area contributed by atoms with E-state index in [1.54, 1.807) is 11.1 Å². The van der Waals surface area contributed by atoms with Crippen molar-refractivity contribution in [3.63, 3.8) is 0 Å². The van der Waals surface area contributed by atoms with Crippen molar-refractivity contribution in [2.24, 2.45) is 0 Å². The molecule has 0 saturated carbocycles. The summed E-state index contributed by atoms with van der Waals surface area (Å²) in [5.74, 6) is -0.199. The maximum absolute atomic E-state index is 12.4. The Bertz CT molecular complexity index is 745. The van der Waals surface area contributed by atoms with Gasteiger partial charge in [0, 0.05) is 35.4 Å². The summed E-state index contributed by atoms with van der Waals surface area (Å²) in [5, 5.41) is 3.44. The summed E-state index contributed by atoms with van der Waals surface area (Å²) in [4.78, 5) is 31.0. The molecule has 24 heavy (non-hydrogen) atoms. The van der Waals surface area contributed by atoms with Crippen molar-refractivity contribution in [1.29, 1.82) is 0 Å². The summed E-state index contributed by atoms with van der Waals surface area (Å²) in [7, 11) is 0. The van der Waals surface area contributed by atoms with Crippen LogP contribution in [0.1, 0.15) is 30.2 Å². The zero-order valence-corrected chi connectivity index (χ0v) is 15.7. The minimum atomic E-state index is -0.374. The first-order chi connectivity index (χ1) is 11.5. The molecule has 0 unspecified atom stereocenters. The quantitative estimate of drug-likeness (QED) is 0.843. The monoisotopic (exact) mass is 407 g/mol. The number of hydrogen-bond donors (Lipinski definition) is 1. The Morgan fingerprint density at radius 2 is 2.12 bits per heavy atom. The molecule has 1 N–H and O–H groups in total. The van der Waals surface area contributed by atoms with Gasteiger partial charge in [-0.3, -0.25) is 9.59 Å². The maximum Gasteiger partial charge on any atom is 0.248 e. The average molecular weight is 408 g/mol. The Morgan fingerprint density at radius 1 is 1.38 bits per heavy atom. The third-order valence-electron chi connectivity index (χ3n) is 4.04. The van der Waals surface area contributed by atoms with E-state index in [9.17, 15) is 9.59 Å². The number of aromatic nitrogens is 1. The highest BCUT2D eigenvalue weighted by molar-refractivity contribution is 9.10. The predicted molar refractivity (Wildman–Crippen MR) is 98.1 cm³/mol. The van der Waals surface area contributed by atoms with Gasteiger partial charge in [-0.05, 0) is 30.5 Å². The van der Waals surface area contributed by atoms with E-state index in [-0.39, 0.29) is 17.9 Å². The molecular weight excluding hydrogens is 390 g/mol. The van der Waals surface area contributed by atoms with Crippen molar-refractivity contribution in [3.8, 4) is 0 Å². The molecule has 0 bridgehead atoms. The van der Waals surface area contributed by atoms with E-state index >= 15 is 0 Å². The standard InChI is InChI=1S/C17H18BrN3O2S/c1-11(22)21-8-2-3-15(21)16(23)20-17-19-10-14(24-17)9-12-4-6-13(18)7-5-12/h4-7,10,15H,2-3,8-9H2,1H3,(H,19,20,23)/t15-/m0/s1. The summed E-state index contributed by atoms with van der Waals surface area (Å²) in [6.07, 6.45) is 4.15. The summed E-state index contributed by atoms with van der Waals surface area (Å²) in [5.41, 5.74) is 1.19. The fraction of sp³-hybridized carbons (Fsp3) is 0.353. The summed E-state index contributed by atoms with van der Waals surface area (Å²) < 4.78 is 1.05. The van der Waals surface area contributed by atoms with Gasteiger partial charge in [0.25, 0.3) is 0 Å². The van der Waals surface area contributed by atoms with Crippen molar-refractivity contribution in [1.82, 2.24) is 9.88 Å². The minimum Gasteiger partial charge on any atom is -0.331 e. The van der Waals surface area contributed by atoms with Gasteiger partial charge in [-0.15, -0.1) is 11.3 Å². The molecule has 2 amide bonds. The Kier molecular flexibility index (Phi) is 5.30. The second kappa shape index (κ2) is 7.44. The molecule has 1 aromatic heterocycles. The molecule has 5 nitrogen and oxygen atoms in total. The maximum atomic E-state index is 12.4. The van der Waals surface area contributed by atoms with Gasteiger partial charge < -0.3 is 10.2 Å². The van der Waals surface area contributed by atoms with Crippen LogP contribution in [-0.4, -0.2) is 34.3 Å². The van der Waals surface area contributed by atoms with Crippen LogP contribution in [0.5, 0.6) is 0 Å². The molecule has 3 rings (SSSR count). The molecule has 1 atom stereocenters. The number of likely N-dealkylation sites (tertiary alicyclic amines) is 1. The first kappa shape index (κ1) is 17.1. The summed E-state index contributed by atoms with van der Waals surface area (Å²) >= 11 is 4.89. The Balaban J connectivity index is 1.62. The van der Waals surface area contributed by atoms with Crippen LogP contribution in [0, 0.1) is 0 Å². The van der Waals surface area contributed by atoms with E-state index in [4.69, 9.17) is 0 Å². The molecule has 1 aromatic carbocycles. The number of thiazole rings is 1. The third-order valence-corrected chi connectivity index (χ3v) is 5.48. The SMILES string of the molecule is CC(=O)N1CCC[C@H]1C(=O)Nc1ncc(Cc2ccc(Br)cc2)s1. The lowest BCUT2D eigenvalue weighted by molar-refractivity contribution is -0.134. The predicted octanol–water partition coefficient (Wildman–Crippen LogP) is 3.45. The second-order valence-corrected chi connectivity index (χ2v) is 7.83. The molecule has 1 saturated heterocycles. The molecule has 2 aromatic rings. The molecule has 126 valence electrons. The minimum absolute atomic E-state index is 0.0530. The molecule has 7 heteroatoms. The lowest BCUT2D eigenvalue weighted by Crippen LogP contribution is -2.42. The number of halogens is 1. The van der Waals surface area contributed by atoms with Gasteiger partial charge in [-0.2, -0.15) is 0 Å². The molecule has 2 heterocycles. The van der Waals surface area contributed by atoms with Crippen molar-refractivity contribution in [3.05, 3.63) is 45.4 Å². The number of carbonyl (C=O) groups is 2. The highest BCUT2D eigenvalue weighted by atomic mass is 79.9. The fourth-order valence-electron chi connectivity index (χ4n) is 2.86. The average Bonchev–Trinajstić information content (AvgIpc) is 3.19. The lowest BCUT2D eigenvalue weighted by atomic mass is 10.1. The number of anilines is 1. The van der Waals surface area contributed by atoms with Crippen LogP contribution in [0.2, 0.25) is 0 Å². The zero-order chi connectivity index (χ0) is 17.1. The number of amides is 2. The van der Waals surface area contributed by atoms with E-state index in [0.29, 0.717) is 18.1 Å². The van der Waals surface area contributed by atoms with Crippen LogP contribution in [0.3, 0.4) is 0 Å². The van der Waals surface area contributed by atoms with Gasteiger partial charge in [-0.25, -0.2) is 4.98 Å². The molecule has 1 fully saturated rings. The number of nitrogens with one attached hydrogen (secondary N) is 1. The van der Waals surface area contributed by atoms with Crippen molar-refractivity contribution >= 4 is 44.2 Å². The molecular formula is C17H18BrN3O2S. The van der Waals surface area contributed by atoms with E-state index in [1.807, 2.05) is 12.1 Å². The molecule has 1 aliphatic rings. The number of benzene rings is 1. The lowest BCUT2D eigenvalue weighted by Gasteiger charge is -2.21. The van der Waals surface area contributed by atoms with Crippen LogP contribution < -0.4 is 5.32 Å². The topological polar surface area (TPSA) is 62.3 Å². The normalized spacial score (nSPS) is 17.1. The van der Waals surface area contributed by atoms with Crippen LogP contribution in [-0.2, 0) is 16.0 Å².